The molecule has 1 saturated heterocycles. The maximum atomic E-state index is 14.1. The summed E-state index contributed by atoms with van der Waals surface area (Å²) in [6.07, 6.45) is 3.97. The number of hydrogen-bond acceptors (Lipinski definition) is 6. The molecule has 0 radical (unpaired) electrons. The van der Waals surface area contributed by atoms with Gasteiger partial charge in [0.2, 0.25) is 17.6 Å². The van der Waals surface area contributed by atoms with Crippen LogP contribution in [-0.4, -0.2) is 64.8 Å². The molecule has 2 unspecified atom stereocenters. The first-order valence-corrected chi connectivity index (χ1v) is 14.3. The maximum absolute atomic E-state index is 14.1. The Hall–Kier alpha value is -2.65. The Balaban J connectivity index is 1.87. The molecule has 3 rings (SSSR count). The lowest BCUT2D eigenvalue weighted by Gasteiger charge is -2.36. The van der Waals surface area contributed by atoms with E-state index in [1.54, 1.807) is 25.7 Å². The summed E-state index contributed by atoms with van der Waals surface area (Å²) in [5, 5.41) is 5.54. The smallest absolute Gasteiger partial charge is 0.408 e. The number of nitrogens with one attached hydrogen (secondary N) is 2. The second kappa shape index (κ2) is 11.1. The van der Waals surface area contributed by atoms with Crippen LogP contribution in [0, 0.1) is 28.6 Å². The summed E-state index contributed by atoms with van der Waals surface area (Å²) in [7, 11) is 0. The van der Waals surface area contributed by atoms with Crippen molar-refractivity contribution in [2.24, 2.45) is 34.3 Å². The first-order chi connectivity index (χ1) is 17.8. The number of carbonyl (C=O) groups excluding carboxylic acids is 5. The van der Waals surface area contributed by atoms with Crippen molar-refractivity contribution in [3.63, 3.8) is 0 Å². The van der Waals surface area contributed by atoms with E-state index in [2.05, 4.69) is 24.5 Å². The first kappa shape index (κ1) is 30.9. The number of carbonyl (C=O) groups is 5. The van der Waals surface area contributed by atoms with Crippen LogP contribution in [0.5, 0.6) is 0 Å². The average Bonchev–Trinajstić information content (AvgIpc) is 3.32. The number of Topliss-reactive ketones (excluding diaryl/α,β-unsaturated/α-hetero) is 1. The zero-order chi connectivity index (χ0) is 29.5. The molecule has 220 valence electrons. The Morgan fingerprint density at radius 2 is 1.62 bits per heavy atom. The summed E-state index contributed by atoms with van der Waals surface area (Å²) in [5.74, 6) is -1.70. The number of nitrogens with zero attached hydrogens (tertiary/aromatic N) is 1. The van der Waals surface area contributed by atoms with E-state index in [1.165, 1.54) is 0 Å². The fraction of sp³-hybridized carbons (Fsp3) is 0.828. The fourth-order valence-electron chi connectivity index (χ4n) is 6.19. The standard InChI is InChI=1S/C29H48N4O6/c1-16(2)18-13-29(18)14-20(24(36)31-19(21(34)23(30)35)12-17-10-9-11-17)33(15-29)25(37)22(27(3,4)5)32-26(38)39-28(6,7)8/h16-20,22H,9-15H2,1-8H3,(H2,30,35)(H,31,36)(H,32,38)/t18?,19?,20-,22+,29-/m0/s1. The van der Waals surface area contributed by atoms with Crippen molar-refractivity contribution in [1.82, 2.24) is 15.5 Å². The van der Waals surface area contributed by atoms with Crippen LogP contribution in [0.25, 0.3) is 0 Å². The number of primary amides is 1. The van der Waals surface area contributed by atoms with Crippen LogP contribution < -0.4 is 16.4 Å². The lowest BCUT2D eigenvalue weighted by atomic mass is 9.80. The van der Waals surface area contributed by atoms with Gasteiger partial charge in [0.05, 0.1) is 6.04 Å². The SMILES string of the molecule is CC(C)C1C[C@@]12C[C@@H](C(=O)NC(CC1CCC1)C(=O)C(N)=O)N(C(=O)[C@@H](NC(=O)OC(C)(C)C)C(C)(C)C)C2. The lowest BCUT2D eigenvalue weighted by molar-refractivity contribution is -0.143. The van der Waals surface area contributed by atoms with Crippen LogP contribution in [0.2, 0.25) is 0 Å². The summed E-state index contributed by atoms with van der Waals surface area (Å²) in [6.45, 7) is 15.5. The number of alkyl carbamates (subject to hydrolysis) is 1. The van der Waals surface area contributed by atoms with Crippen LogP contribution >= 0.6 is 0 Å². The number of amides is 4. The molecule has 10 nitrogen and oxygen atoms in total. The predicted octanol–water partition coefficient (Wildman–Crippen LogP) is 2.92. The molecule has 2 aliphatic carbocycles. The van der Waals surface area contributed by atoms with Crippen molar-refractivity contribution in [3.8, 4) is 0 Å². The first-order valence-electron chi connectivity index (χ1n) is 14.3. The van der Waals surface area contributed by atoms with Crippen molar-refractivity contribution >= 4 is 29.6 Å². The van der Waals surface area contributed by atoms with Crippen molar-refractivity contribution in [2.45, 2.75) is 118 Å². The van der Waals surface area contributed by atoms with E-state index in [9.17, 15) is 24.0 Å². The van der Waals surface area contributed by atoms with Gasteiger partial charge in [0.1, 0.15) is 17.7 Å². The fourth-order valence-corrected chi connectivity index (χ4v) is 6.19. The van der Waals surface area contributed by atoms with Gasteiger partial charge in [0.25, 0.3) is 5.91 Å². The van der Waals surface area contributed by atoms with E-state index in [0.717, 1.165) is 25.7 Å². The normalized spacial score (nSPS) is 26.5. The van der Waals surface area contributed by atoms with Gasteiger partial charge in [-0.3, -0.25) is 19.2 Å². The molecule has 0 aromatic rings. The molecule has 10 heteroatoms. The number of ketones is 1. The molecule has 0 bridgehead atoms. The van der Waals surface area contributed by atoms with Crippen LogP contribution in [0.4, 0.5) is 4.79 Å². The third-order valence-corrected chi connectivity index (χ3v) is 8.55. The van der Waals surface area contributed by atoms with Crippen molar-refractivity contribution in [2.75, 3.05) is 6.54 Å². The number of nitrogens with two attached hydrogens (primary N) is 1. The van der Waals surface area contributed by atoms with Crippen LogP contribution in [0.3, 0.4) is 0 Å². The van der Waals surface area contributed by atoms with Gasteiger partial charge >= 0.3 is 6.09 Å². The highest BCUT2D eigenvalue weighted by atomic mass is 16.6. The summed E-state index contributed by atoms with van der Waals surface area (Å²) in [5.41, 5.74) is 3.71. The molecule has 0 aromatic carbocycles. The summed E-state index contributed by atoms with van der Waals surface area (Å²) < 4.78 is 5.43. The topological polar surface area (TPSA) is 148 Å². The molecular formula is C29H48N4O6. The molecule has 3 fully saturated rings. The minimum absolute atomic E-state index is 0.183. The minimum atomic E-state index is -1.08. The quantitative estimate of drug-likeness (QED) is 0.377. The Morgan fingerprint density at radius 3 is 2.05 bits per heavy atom. The van der Waals surface area contributed by atoms with Gasteiger partial charge in [0, 0.05) is 6.54 Å². The van der Waals surface area contributed by atoms with Crippen molar-refractivity contribution in [3.05, 3.63) is 0 Å². The molecule has 1 aliphatic heterocycles. The van der Waals surface area contributed by atoms with E-state index in [-0.39, 0.29) is 17.2 Å². The van der Waals surface area contributed by atoms with Gasteiger partial charge in [0.15, 0.2) is 0 Å². The van der Waals surface area contributed by atoms with Crippen molar-refractivity contribution in [1.29, 1.82) is 0 Å². The zero-order valence-electron chi connectivity index (χ0n) is 24.9. The Bertz CT molecular complexity index is 993. The third-order valence-electron chi connectivity index (χ3n) is 8.55. The molecule has 3 aliphatic rings. The van der Waals surface area contributed by atoms with Crippen LogP contribution in [-0.2, 0) is 23.9 Å². The molecule has 4 N–H and O–H groups in total. The molecule has 0 aromatic heterocycles. The molecular weight excluding hydrogens is 500 g/mol. The average molecular weight is 549 g/mol. The number of hydrogen-bond donors (Lipinski definition) is 3. The third kappa shape index (κ3) is 7.31. The maximum Gasteiger partial charge on any atom is 0.408 e. The minimum Gasteiger partial charge on any atom is -0.444 e. The second-order valence-corrected chi connectivity index (χ2v) is 14.4. The monoisotopic (exact) mass is 548 g/mol. The molecule has 4 amide bonds. The van der Waals surface area contributed by atoms with Gasteiger partial charge in [-0.25, -0.2) is 4.79 Å². The summed E-state index contributed by atoms with van der Waals surface area (Å²) in [6, 6.07) is -2.77. The number of likely N-dealkylation sites (tertiary alicyclic amines) is 1. The van der Waals surface area contributed by atoms with Gasteiger partial charge < -0.3 is 26.0 Å². The van der Waals surface area contributed by atoms with Gasteiger partial charge in [-0.15, -0.1) is 0 Å². The Morgan fingerprint density at radius 1 is 1.00 bits per heavy atom. The van der Waals surface area contributed by atoms with Crippen molar-refractivity contribution < 1.29 is 28.7 Å². The number of ether oxygens (including phenoxy) is 1. The lowest BCUT2D eigenvalue weighted by Crippen LogP contribution is -2.59. The number of rotatable bonds is 9. The molecule has 39 heavy (non-hydrogen) atoms. The van der Waals surface area contributed by atoms with E-state index in [0.29, 0.717) is 31.2 Å². The van der Waals surface area contributed by atoms with Gasteiger partial charge in [-0.05, 0) is 68.6 Å². The highest BCUT2D eigenvalue weighted by Gasteiger charge is 2.63. The van der Waals surface area contributed by atoms with Gasteiger partial charge in [-0.2, -0.15) is 0 Å². The summed E-state index contributed by atoms with van der Waals surface area (Å²) in [4.78, 5) is 66.4. The van der Waals surface area contributed by atoms with Gasteiger partial charge in [-0.1, -0.05) is 53.9 Å². The van der Waals surface area contributed by atoms with Crippen LogP contribution in [0.1, 0.15) is 93.9 Å². The van der Waals surface area contributed by atoms with E-state index in [1.807, 2.05) is 20.8 Å². The zero-order valence-corrected chi connectivity index (χ0v) is 24.9. The molecule has 1 spiro atoms. The molecule has 2 saturated carbocycles. The molecule has 5 atom stereocenters. The molecule has 1 heterocycles. The Labute approximate surface area is 232 Å². The summed E-state index contributed by atoms with van der Waals surface area (Å²) >= 11 is 0. The van der Waals surface area contributed by atoms with Crippen LogP contribution in [0.15, 0.2) is 0 Å². The highest BCUT2D eigenvalue weighted by Crippen LogP contribution is 2.63. The highest BCUT2D eigenvalue weighted by molar-refractivity contribution is 6.37. The Kier molecular flexibility index (Phi) is 8.78. The van der Waals surface area contributed by atoms with E-state index in [4.69, 9.17) is 10.5 Å². The van der Waals surface area contributed by atoms with E-state index < -0.39 is 52.8 Å². The largest absolute Gasteiger partial charge is 0.444 e. The second-order valence-electron chi connectivity index (χ2n) is 14.4. The predicted molar refractivity (Wildman–Crippen MR) is 146 cm³/mol. The van der Waals surface area contributed by atoms with E-state index >= 15 is 0 Å².